The smallest absolute Gasteiger partial charge is 0.111 e. The molecule has 2 aliphatic rings. The molecule has 1 aromatic heterocycles. The van der Waals surface area contributed by atoms with Gasteiger partial charge in [0.2, 0.25) is 0 Å². The van der Waals surface area contributed by atoms with E-state index in [0.717, 1.165) is 24.2 Å². The summed E-state index contributed by atoms with van der Waals surface area (Å²) in [5, 5.41) is 19.2. The van der Waals surface area contributed by atoms with E-state index in [1.54, 1.807) is 0 Å². The van der Waals surface area contributed by atoms with Gasteiger partial charge in [-0.1, -0.05) is 6.42 Å². The van der Waals surface area contributed by atoms with E-state index >= 15 is 0 Å². The highest BCUT2D eigenvalue weighted by Crippen LogP contribution is 2.42. The molecule has 1 aromatic rings. The Morgan fingerprint density at radius 2 is 1.89 bits per heavy atom. The number of aromatic nitrogens is 2. The summed E-state index contributed by atoms with van der Waals surface area (Å²) in [6.07, 6.45) is 5.24. The number of hydrogen-bond acceptors (Lipinski definition) is 4. The zero-order chi connectivity index (χ0) is 12.8. The van der Waals surface area contributed by atoms with E-state index in [0.29, 0.717) is 12.1 Å². The van der Waals surface area contributed by atoms with Gasteiger partial charge >= 0.3 is 0 Å². The van der Waals surface area contributed by atoms with Crippen LogP contribution in [0.4, 0.5) is 0 Å². The predicted octanol–water partition coefficient (Wildman–Crippen LogP) is 1.62. The summed E-state index contributed by atoms with van der Waals surface area (Å²) in [6.45, 7) is 1.92. The summed E-state index contributed by atoms with van der Waals surface area (Å²) in [7, 11) is 2.19. The van der Waals surface area contributed by atoms with Gasteiger partial charge in [0.15, 0.2) is 0 Å². The molecule has 2 saturated heterocycles. The van der Waals surface area contributed by atoms with Crippen LogP contribution in [0.1, 0.15) is 43.5 Å². The van der Waals surface area contributed by atoms with E-state index in [9.17, 15) is 5.11 Å². The third-order valence-electron chi connectivity index (χ3n) is 4.65. The molecular formula is C14H21N3O. The van der Waals surface area contributed by atoms with Crippen molar-refractivity contribution < 1.29 is 5.11 Å². The van der Waals surface area contributed by atoms with Crippen LogP contribution in [0.15, 0.2) is 12.1 Å². The summed E-state index contributed by atoms with van der Waals surface area (Å²) in [4.78, 5) is 2.44. The molecule has 98 valence electrons. The van der Waals surface area contributed by atoms with Crippen molar-refractivity contribution in [1.29, 1.82) is 0 Å². The van der Waals surface area contributed by atoms with Crippen LogP contribution in [-0.2, 0) is 5.60 Å². The van der Waals surface area contributed by atoms with Crippen molar-refractivity contribution >= 4 is 0 Å². The first kappa shape index (κ1) is 12.1. The van der Waals surface area contributed by atoms with E-state index in [2.05, 4.69) is 22.1 Å². The van der Waals surface area contributed by atoms with E-state index < -0.39 is 5.60 Å². The van der Waals surface area contributed by atoms with Gasteiger partial charge in [-0.25, -0.2) is 0 Å². The lowest BCUT2D eigenvalue weighted by atomic mass is 9.74. The second-order valence-corrected chi connectivity index (χ2v) is 5.90. The molecule has 0 amide bonds. The lowest BCUT2D eigenvalue weighted by Gasteiger charge is -2.50. The Kier molecular flexibility index (Phi) is 2.87. The minimum Gasteiger partial charge on any atom is -0.383 e. The van der Waals surface area contributed by atoms with Crippen LogP contribution in [-0.4, -0.2) is 39.3 Å². The number of nitrogens with zero attached hydrogens (tertiary/aromatic N) is 3. The van der Waals surface area contributed by atoms with Gasteiger partial charge < -0.3 is 10.0 Å². The van der Waals surface area contributed by atoms with E-state index in [1.165, 1.54) is 19.3 Å². The van der Waals surface area contributed by atoms with Crippen LogP contribution >= 0.6 is 0 Å². The average molecular weight is 247 g/mol. The van der Waals surface area contributed by atoms with Crippen LogP contribution in [0, 0.1) is 6.92 Å². The van der Waals surface area contributed by atoms with Crippen molar-refractivity contribution in [2.24, 2.45) is 0 Å². The lowest BCUT2D eigenvalue weighted by molar-refractivity contribution is -0.0903. The summed E-state index contributed by atoms with van der Waals surface area (Å²) in [6, 6.07) is 4.86. The molecule has 0 saturated carbocycles. The topological polar surface area (TPSA) is 49.2 Å². The fourth-order valence-electron chi connectivity index (χ4n) is 3.51. The fraction of sp³-hybridized carbons (Fsp3) is 0.714. The largest absolute Gasteiger partial charge is 0.383 e. The minimum atomic E-state index is -0.775. The lowest BCUT2D eigenvalue weighted by Crippen LogP contribution is -2.55. The standard InChI is InChI=1S/C14H21N3O/c1-10-6-7-13(16-15-10)14(18)8-11-4-3-5-12(9-14)17(11)2/h6-7,11-12,18H,3-5,8-9H2,1-2H3. The SMILES string of the molecule is Cc1ccc(C2(O)CC3CCCC(C2)N3C)nn1. The van der Waals surface area contributed by atoms with E-state index in [1.807, 2.05) is 19.1 Å². The van der Waals surface area contributed by atoms with E-state index in [4.69, 9.17) is 0 Å². The first-order valence-electron chi connectivity index (χ1n) is 6.84. The second kappa shape index (κ2) is 4.28. The molecule has 4 heteroatoms. The molecule has 1 N–H and O–H groups in total. The van der Waals surface area contributed by atoms with Crippen molar-refractivity contribution in [1.82, 2.24) is 15.1 Å². The molecule has 0 aromatic carbocycles. The Hall–Kier alpha value is -1.00. The Morgan fingerprint density at radius 1 is 1.22 bits per heavy atom. The molecule has 2 fully saturated rings. The molecule has 18 heavy (non-hydrogen) atoms. The third kappa shape index (κ3) is 1.93. The number of fused-ring (bicyclic) bond motifs is 2. The van der Waals surface area contributed by atoms with Crippen LogP contribution in [0.5, 0.6) is 0 Å². The van der Waals surface area contributed by atoms with Crippen molar-refractivity contribution in [2.75, 3.05) is 7.05 Å². The fourth-order valence-corrected chi connectivity index (χ4v) is 3.51. The molecule has 0 aliphatic carbocycles. The summed E-state index contributed by atoms with van der Waals surface area (Å²) in [5.41, 5.74) is 0.872. The zero-order valence-electron chi connectivity index (χ0n) is 11.1. The third-order valence-corrected chi connectivity index (χ3v) is 4.65. The summed E-state index contributed by atoms with van der Waals surface area (Å²) < 4.78 is 0. The molecule has 0 spiro atoms. The first-order chi connectivity index (χ1) is 8.58. The summed E-state index contributed by atoms with van der Waals surface area (Å²) >= 11 is 0. The van der Waals surface area contributed by atoms with Gasteiger partial charge in [-0.15, -0.1) is 0 Å². The number of aliphatic hydroxyl groups is 1. The predicted molar refractivity (Wildman–Crippen MR) is 69.1 cm³/mol. The molecule has 2 atom stereocenters. The van der Waals surface area contributed by atoms with E-state index in [-0.39, 0.29) is 0 Å². The molecule has 2 bridgehead atoms. The highest BCUT2D eigenvalue weighted by Gasteiger charge is 2.45. The van der Waals surface area contributed by atoms with Gasteiger partial charge in [0.25, 0.3) is 0 Å². The van der Waals surface area contributed by atoms with Gasteiger partial charge in [0.1, 0.15) is 5.60 Å². The van der Waals surface area contributed by atoms with Gasteiger partial charge in [0.05, 0.1) is 11.4 Å². The number of rotatable bonds is 1. The maximum absolute atomic E-state index is 10.9. The van der Waals surface area contributed by atoms with Gasteiger partial charge in [0, 0.05) is 12.1 Å². The quantitative estimate of drug-likeness (QED) is 0.819. The number of aryl methyl sites for hydroxylation is 1. The number of piperidine rings is 2. The van der Waals surface area contributed by atoms with Crippen LogP contribution < -0.4 is 0 Å². The Balaban J connectivity index is 1.89. The zero-order valence-corrected chi connectivity index (χ0v) is 11.1. The maximum Gasteiger partial charge on any atom is 0.111 e. The van der Waals surface area contributed by atoms with Crippen molar-refractivity contribution in [3.63, 3.8) is 0 Å². The monoisotopic (exact) mass is 247 g/mol. The molecular weight excluding hydrogens is 226 g/mol. The Morgan fingerprint density at radius 3 is 2.44 bits per heavy atom. The minimum absolute atomic E-state index is 0.491. The molecule has 3 rings (SSSR count). The molecule has 3 heterocycles. The number of hydrogen-bond donors (Lipinski definition) is 1. The van der Waals surface area contributed by atoms with Gasteiger partial charge in [-0.2, -0.15) is 10.2 Å². The Bertz CT molecular complexity index is 417. The van der Waals surface area contributed by atoms with Crippen molar-refractivity contribution in [2.45, 2.75) is 56.7 Å². The molecule has 0 radical (unpaired) electrons. The van der Waals surface area contributed by atoms with Gasteiger partial charge in [-0.05, 0) is 51.8 Å². The maximum atomic E-state index is 10.9. The van der Waals surface area contributed by atoms with Gasteiger partial charge in [-0.3, -0.25) is 0 Å². The van der Waals surface area contributed by atoms with Crippen LogP contribution in [0.25, 0.3) is 0 Å². The average Bonchev–Trinajstić information content (AvgIpc) is 2.32. The van der Waals surface area contributed by atoms with Crippen molar-refractivity contribution in [3.05, 3.63) is 23.5 Å². The van der Waals surface area contributed by atoms with Crippen LogP contribution in [0.2, 0.25) is 0 Å². The van der Waals surface area contributed by atoms with Crippen LogP contribution in [0.3, 0.4) is 0 Å². The second-order valence-electron chi connectivity index (χ2n) is 5.90. The molecule has 2 aliphatic heterocycles. The summed E-state index contributed by atoms with van der Waals surface area (Å²) in [5.74, 6) is 0. The highest BCUT2D eigenvalue weighted by molar-refractivity contribution is 5.16. The Labute approximate surface area is 108 Å². The first-order valence-corrected chi connectivity index (χ1v) is 6.84. The molecule has 2 unspecified atom stereocenters. The highest BCUT2D eigenvalue weighted by atomic mass is 16.3. The molecule has 4 nitrogen and oxygen atoms in total. The normalized spacial score (nSPS) is 36.6. The van der Waals surface area contributed by atoms with Crippen molar-refractivity contribution in [3.8, 4) is 0 Å².